The lowest BCUT2D eigenvalue weighted by molar-refractivity contribution is -0.164. The Morgan fingerprint density at radius 3 is 2.63 bits per heavy atom. The number of hydrogen-bond donors (Lipinski definition) is 0. The van der Waals surface area contributed by atoms with Gasteiger partial charge < -0.3 is 23.8 Å². The van der Waals surface area contributed by atoms with E-state index in [1.165, 1.54) is 7.11 Å². The van der Waals surface area contributed by atoms with Crippen LogP contribution < -0.4 is 9.64 Å². The number of methoxy groups -OCH3 is 1. The third-order valence-corrected chi connectivity index (χ3v) is 8.57. The molecule has 0 aliphatic carbocycles. The SMILES string of the molecule is COC(=O)[C@@H](OC(C)(C)C)c1c(C)nc2cc3nn2c1N1CCC(C)(CC1)OC/C=C/[C@H](C)Oc1ccncc1-c1cccc-3c1. The van der Waals surface area contributed by atoms with Gasteiger partial charge in [-0.05, 0) is 78.2 Å². The van der Waals surface area contributed by atoms with Crippen molar-refractivity contribution in [2.75, 3.05) is 31.7 Å². The fourth-order valence-corrected chi connectivity index (χ4v) is 6.17. The standard InChI is InChI=1S/C36H43N5O5/c1-23-10-9-19-44-36(6)14-17-40(18-15-36)33-31(32(34(42)43-7)46-35(3,4)5)24(2)38-30-21-28(39-41(30)33)26-12-8-11-25(20-26)27-22-37-16-13-29(27)45-23/h8-13,16,20-23,32H,14-15,17-19H2,1-7H3/b10-9+/t23-,32-/m0/s1. The van der Waals surface area contributed by atoms with Gasteiger partial charge in [0.25, 0.3) is 0 Å². The minimum Gasteiger partial charge on any atom is -0.486 e. The molecule has 0 amide bonds. The Morgan fingerprint density at radius 2 is 1.89 bits per heavy atom. The number of hydrogen-bond acceptors (Lipinski definition) is 9. The number of pyridine rings is 1. The molecular weight excluding hydrogens is 582 g/mol. The largest absolute Gasteiger partial charge is 0.486 e. The highest BCUT2D eigenvalue weighted by Crippen LogP contribution is 2.39. The predicted octanol–water partition coefficient (Wildman–Crippen LogP) is 6.51. The number of piperidine rings is 1. The fourth-order valence-electron chi connectivity index (χ4n) is 6.17. The van der Waals surface area contributed by atoms with E-state index in [2.05, 4.69) is 22.9 Å². The molecule has 1 fully saturated rings. The summed E-state index contributed by atoms with van der Waals surface area (Å²) in [6.45, 7) is 13.8. The average Bonchev–Trinajstić information content (AvgIpc) is 3.45. The summed E-state index contributed by atoms with van der Waals surface area (Å²) in [5.74, 6) is 1.04. The molecule has 6 heterocycles. The molecule has 4 aromatic rings. The molecule has 0 N–H and O–H groups in total. The zero-order valence-electron chi connectivity index (χ0n) is 27.7. The van der Waals surface area contributed by atoms with E-state index in [-0.39, 0.29) is 11.7 Å². The van der Waals surface area contributed by atoms with Crippen LogP contribution in [0.1, 0.15) is 64.8 Å². The van der Waals surface area contributed by atoms with Gasteiger partial charge in [0.05, 0.1) is 36.2 Å². The van der Waals surface area contributed by atoms with Gasteiger partial charge in [0.15, 0.2) is 11.8 Å². The maximum absolute atomic E-state index is 13.4. The maximum atomic E-state index is 13.4. The summed E-state index contributed by atoms with van der Waals surface area (Å²) in [6, 6.07) is 12.1. The third kappa shape index (κ3) is 6.50. The molecule has 10 nitrogen and oxygen atoms in total. The van der Waals surface area contributed by atoms with Crippen LogP contribution in [-0.4, -0.2) is 69.7 Å². The molecule has 10 heteroatoms. The average molecular weight is 626 g/mol. The molecule has 0 spiro atoms. The molecule has 3 aliphatic rings. The van der Waals surface area contributed by atoms with E-state index in [1.807, 2.05) is 87.8 Å². The number of carbonyl (C=O) groups is 1. The van der Waals surface area contributed by atoms with Crippen molar-refractivity contribution in [1.29, 1.82) is 0 Å². The van der Waals surface area contributed by atoms with Crippen molar-refractivity contribution in [3.05, 3.63) is 72.2 Å². The van der Waals surface area contributed by atoms with Gasteiger partial charge in [-0.25, -0.2) is 9.78 Å². The van der Waals surface area contributed by atoms with E-state index < -0.39 is 17.7 Å². The van der Waals surface area contributed by atoms with Gasteiger partial charge in [0.1, 0.15) is 17.7 Å². The smallest absolute Gasteiger partial charge is 0.339 e. The molecule has 3 aromatic heterocycles. The van der Waals surface area contributed by atoms with Crippen LogP contribution >= 0.6 is 0 Å². The zero-order chi connectivity index (χ0) is 32.6. The van der Waals surface area contributed by atoms with Crippen molar-refractivity contribution in [3.63, 3.8) is 0 Å². The third-order valence-electron chi connectivity index (χ3n) is 8.57. The Kier molecular flexibility index (Phi) is 8.60. The van der Waals surface area contributed by atoms with Gasteiger partial charge in [-0.2, -0.15) is 9.61 Å². The number of esters is 1. The van der Waals surface area contributed by atoms with Crippen molar-refractivity contribution in [2.24, 2.45) is 0 Å². The summed E-state index contributed by atoms with van der Waals surface area (Å²) in [6.07, 6.45) is 8.05. The van der Waals surface area contributed by atoms with E-state index in [1.54, 1.807) is 6.20 Å². The molecule has 7 rings (SSSR count). The predicted molar refractivity (Wildman–Crippen MR) is 177 cm³/mol. The molecule has 0 saturated carbocycles. The van der Waals surface area contributed by atoms with E-state index in [9.17, 15) is 4.79 Å². The van der Waals surface area contributed by atoms with Crippen molar-refractivity contribution < 1.29 is 23.7 Å². The number of carbonyl (C=O) groups excluding carboxylic acids is 1. The maximum Gasteiger partial charge on any atom is 0.339 e. The second kappa shape index (κ2) is 12.5. The summed E-state index contributed by atoms with van der Waals surface area (Å²) in [5, 5.41) is 5.13. The highest BCUT2D eigenvalue weighted by molar-refractivity contribution is 5.81. The monoisotopic (exact) mass is 625 g/mol. The Morgan fingerprint density at radius 1 is 1.13 bits per heavy atom. The summed E-state index contributed by atoms with van der Waals surface area (Å²) in [7, 11) is 1.38. The van der Waals surface area contributed by atoms with Crippen LogP contribution in [0.4, 0.5) is 5.82 Å². The molecule has 6 bridgehead atoms. The highest BCUT2D eigenvalue weighted by Gasteiger charge is 2.38. The number of ether oxygens (including phenoxy) is 4. The molecule has 3 aliphatic heterocycles. The fraction of sp³-hybridized carbons (Fsp3) is 0.444. The van der Waals surface area contributed by atoms with Gasteiger partial charge in [0.2, 0.25) is 0 Å². The lowest BCUT2D eigenvalue weighted by atomic mass is 9.92. The van der Waals surface area contributed by atoms with Crippen LogP contribution in [0, 0.1) is 6.92 Å². The van der Waals surface area contributed by atoms with Crippen LogP contribution in [0.5, 0.6) is 5.75 Å². The van der Waals surface area contributed by atoms with Crippen molar-refractivity contribution in [3.8, 4) is 28.1 Å². The van der Waals surface area contributed by atoms with Crippen molar-refractivity contribution in [2.45, 2.75) is 77.8 Å². The van der Waals surface area contributed by atoms with Crippen molar-refractivity contribution >= 4 is 17.4 Å². The van der Waals surface area contributed by atoms with E-state index in [0.29, 0.717) is 36.6 Å². The highest BCUT2D eigenvalue weighted by atomic mass is 16.6. The van der Waals surface area contributed by atoms with E-state index in [4.69, 9.17) is 29.0 Å². The number of benzene rings is 1. The van der Waals surface area contributed by atoms with Crippen molar-refractivity contribution in [1.82, 2.24) is 19.6 Å². The van der Waals surface area contributed by atoms with E-state index in [0.717, 1.165) is 46.8 Å². The second-order valence-electron chi connectivity index (χ2n) is 13.3. The summed E-state index contributed by atoms with van der Waals surface area (Å²) >= 11 is 0. The Hall–Kier alpha value is -4.28. The number of nitrogens with zero attached hydrogens (tertiary/aromatic N) is 5. The minimum absolute atomic E-state index is 0.161. The van der Waals surface area contributed by atoms with Gasteiger partial charge in [-0.1, -0.05) is 24.3 Å². The molecule has 1 aromatic carbocycles. The molecule has 1 saturated heterocycles. The van der Waals surface area contributed by atoms with E-state index >= 15 is 0 Å². The number of aromatic nitrogens is 4. The van der Waals surface area contributed by atoms with Crippen LogP contribution in [0.2, 0.25) is 0 Å². The molecular formula is C36H43N5O5. The lowest BCUT2D eigenvalue weighted by Crippen LogP contribution is -2.45. The first-order chi connectivity index (χ1) is 21.9. The number of rotatable bonds is 3. The molecule has 2 atom stereocenters. The van der Waals surface area contributed by atoms with Crippen LogP contribution in [0.3, 0.4) is 0 Å². The van der Waals surface area contributed by atoms with Gasteiger partial charge in [0, 0.05) is 48.4 Å². The van der Waals surface area contributed by atoms with Crippen LogP contribution in [-0.2, 0) is 19.0 Å². The van der Waals surface area contributed by atoms with Gasteiger partial charge in [-0.3, -0.25) is 4.98 Å². The number of anilines is 1. The first-order valence-electron chi connectivity index (χ1n) is 15.9. The zero-order valence-corrected chi connectivity index (χ0v) is 27.7. The lowest BCUT2D eigenvalue weighted by Gasteiger charge is -2.41. The minimum atomic E-state index is -0.991. The second-order valence-corrected chi connectivity index (χ2v) is 13.3. The first kappa shape index (κ1) is 31.7. The Balaban J connectivity index is 1.56. The molecule has 0 radical (unpaired) electrons. The normalized spacial score (nSPS) is 21.5. The Bertz CT molecular complexity index is 1770. The van der Waals surface area contributed by atoms with Gasteiger partial charge in [-0.15, -0.1) is 0 Å². The topological polar surface area (TPSA) is 100 Å². The summed E-state index contributed by atoms with van der Waals surface area (Å²) in [5.41, 5.74) is 4.60. The van der Waals surface area contributed by atoms with Gasteiger partial charge >= 0.3 is 5.97 Å². The summed E-state index contributed by atoms with van der Waals surface area (Å²) in [4.78, 5) is 25.0. The first-order valence-corrected chi connectivity index (χ1v) is 15.9. The van der Waals surface area contributed by atoms with Crippen LogP contribution in [0.15, 0.2) is 60.9 Å². The number of aryl methyl sites for hydroxylation is 1. The molecule has 242 valence electrons. The molecule has 46 heavy (non-hydrogen) atoms. The van der Waals surface area contributed by atoms with Crippen LogP contribution in [0.25, 0.3) is 28.0 Å². The Labute approximate surface area is 270 Å². The molecule has 0 unspecified atom stereocenters. The summed E-state index contributed by atoms with van der Waals surface area (Å²) < 4.78 is 26.3. The number of fused-ring (bicyclic) bond motifs is 6. The quantitative estimate of drug-likeness (QED) is 0.186.